The van der Waals surface area contributed by atoms with Crippen molar-refractivity contribution in [2.24, 2.45) is 16.7 Å². The summed E-state index contributed by atoms with van der Waals surface area (Å²) in [7, 11) is 0. The number of hydrogen-bond acceptors (Lipinski definition) is 9. The molecule has 9 nitrogen and oxygen atoms in total. The van der Waals surface area contributed by atoms with Gasteiger partial charge in [-0.1, -0.05) is 6.92 Å². The highest BCUT2D eigenvalue weighted by atomic mass is 16.9. The van der Waals surface area contributed by atoms with Gasteiger partial charge in [-0.2, -0.15) is 0 Å². The van der Waals surface area contributed by atoms with Crippen LogP contribution in [0.2, 0.25) is 0 Å². The van der Waals surface area contributed by atoms with Crippen molar-refractivity contribution >= 4 is 11.9 Å². The van der Waals surface area contributed by atoms with Crippen LogP contribution in [0, 0.1) is 16.7 Å². The molecule has 0 aromatic carbocycles. The number of carbonyl (C=O) groups excluding carboxylic acids is 2. The number of fused-ring (bicyclic) bond motifs is 1. The van der Waals surface area contributed by atoms with Gasteiger partial charge in [-0.3, -0.25) is 9.59 Å². The zero-order chi connectivity index (χ0) is 20.6. The molecule has 5 heterocycles. The zero-order valence-corrected chi connectivity index (χ0v) is 16.2. The Hall–Kier alpha value is -1.94. The summed E-state index contributed by atoms with van der Waals surface area (Å²) in [5.41, 5.74) is -5.33. The molecule has 2 bridgehead atoms. The van der Waals surface area contributed by atoms with E-state index in [0.29, 0.717) is 5.56 Å². The van der Waals surface area contributed by atoms with E-state index in [1.807, 2.05) is 0 Å². The molecule has 5 aliphatic rings. The topological polar surface area (TPSA) is 125 Å². The molecule has 1 saturated carbocycles. The molecule has 4 aliphatic heterocycles. The lowest BCUT2D eigenvalue weighted by molar-refractivity contribution is -0.395. The van der Waals surface area contributed by atoms with E-state index in [2.05, 4.69) is 0 Å². The molecule has 1 spiro atoms. The van der Waals surface area contributed by atoms with Crippen LogP contribution in [0.5, 0.6) is 0 Å². The van der Waals surface area contributed by atoms with Gasteiger partial charge >= 0.3 is 11.9 Å². The summed E-state index contributed by atoms with van der Waals surface area (Å²) in [5, 5.41) is 23.1. The predicted octanol–water partition coefficient (Wildman–Crippen LogP) is 0.574. The maximum atomic E-state index is 13.0. The first-order chi connectivity index (χ1) is 13.6. The molecule has 4 saturated heterocycles. The summed E-state index contributed by atoms with van der Waals surface area (Å²) in [4.78, 5) is 25.7. The van der Waals surface area contributed by atoms with Crippen molar-refractivity contribution in [3.8, 4) is 0 Å². The first kappa shape index (κ1) is 17.9. The van der Waals surface area contributed by atoms with Gasteiger partial charge in [-0.25, -0.2) is 0 Å². The first-order valence-corrected chi connectivity index (χ1v) is 9.78. The van der Waals surface area contributed by atoms with E-state index >= 15 is 0 Å². The average molecular weight is 406 g/mol. The number of furan rings is 1. The number of ether oxygens (including phenoxy) is 4. The van der Waals surface area contributed by atoms with Crippen LogP contribution in [0.4, 0.5) is 0 Å². The van der Waals surface area contributed by atoms with E-state index in [-0.39, 0.29) is 12.8 Å². The lowest BCUT2D eigenvalue weighted by Gasteiger charge is -2.68. The van der Waals surface area contributed by atoms with Crippen LogP contribution < -0.4 is 0 Å². The van der Waals surface area contributed by atoms with Crippen molar-refractivity contribution < 1.29 is 43.2 Å². The largest absolute Gasteiger partial charge is 0.472 e. The Bertz CT molecular complexity index is 944. The third-order valence-electron chi connectivity index (χ3n) is 8.42. The Morgan fingerprint density at radius 3 is 2.66 bits per heavy atom. The van der Waals surface area contributed by atoms with Gasteiger partial charge in [0.05, 0.1) is 35.6 Å². The fourth-order valence-electron chi connectivity index (χ4n) is 6.84. The zero-order valence-electron chi connectivity index (χ0n) is 16.2. The van der Waals surface area contributed by atoms with Gasteiger partial charge < -0.3 is 33.6 Å². The van der Waals surface area contributed by atoms with Crippen LogP contribution in [0.3, 0.4) is 0 Å². The molecule has 156 valence electrons. The van der Waals surface area contributed by atoms with Crippen molar-refractivity contribution in [1.29, 1.82) is 0 Å². The normalized spacial score (nSPS) is 57.3. The van der Waals surface area contributed by atoms with Crippen LogP contribution in [0.25, 0.3) is 0 Å². The highest BCUT2D eigenvalue weighted by molar-refractivity contribution is 5.83. The van der Waals surface area contributed by atoms with E-state index in [1.54, 1.807) is 26.8 Å². The van der Waals surface area contributed by atoms with E-state index in [4.69, 9.17) is 23.4 Å². The summed E-state index contributed by atoms with van der Waals surface area (Å²) in [6.45, 7) is 4.94. The van der Waals surface area contributed by atoms with E-state index < -0.39 is 64.2 Å². The smallest absolute Gasteiger partial charge is 0.317 e. The lowest BCUT2D eigenvalue weighted by atomic mass is 9.42. The van der Waals surface area contributed by atoms with Crippen molar-refractivity contribution in [1.82, 2.24) is 0 Å². The average Bonchev–Trinajstić information content (AvgIpc) is 3.32. The first-order valence-electron chi connectivity index (χ1n) is 9.78. The molecular weight excluding hydrogens is 384 g/mol. The van der Waals surface area contributed by atoms with Crippen molar-refractivity contribution in [3.05, 3.63) is 24.2 Å². The summed E-state index contributed by atoms with van der Waals surface area (Å²) >= 11 is 0. The monoisotopic (exact) mass is 406 g/mol. The highest BCUT2D eigenvalue weighted by Gasteiger charge is 2.92. The predicted molar refractivity (Wildman–Crippen MR) is 90.6 cm³/mol. The molecule has 6 rings (SSSR count). The minimum atomic E-state index is -1.70. The second kappa shape index (κ2) is 4.69. The summed E-state index contributed by atoms with van der Waals surface area (Å²) < 4.78 is 29.3. The number of aliphatic hydroxyl groups is 2. The minimum Gasteiger partial charge on any atom is -0.472 e. The molecule has 1 aromatic heterocycles. The van der Waals surface area contributed by atoms with Crippen LogP contribution in [0.15, 0.2) is 23.0 Å². The van der Waals surface area contributed by atoms with Crippen LogP contribution in [-0.2, 0) is 34.3 Å². The molecular formula is C20H22O9. The third-order valence-corrected chi connectivity index (χ3v) is 8.42. The third kappa shape index (κ3) is 1.51. The van der Waals surface area contributed by atoms with Crippen LogP contribution in [-0.4, -0.2) is 51.9 Å². The molecule has 1 aliphatic carbocycles. The van der Waals surface area contributed by atoms with Gasteiger partial charge in [0.1, 0.15) is 11.5 Å². The van der Waals surface area contributed by atoms with Crippen LogP contribution >= 0.6 is 0 Å². The van der Waals surface area contributed by atoms with Crippen molar-refractivity contribution in [3.63, 3.8) is 0 Å². The lowest BCUT2D eigenvalue weighted by Crippen LogP contribution is -2.83. The van der Waals surface area contributed by atoms with Gasteiger partial charge in [-0.05, 0) is 26.3 Å². The molecule has 1 aromatic rings. The summed E-state index contributed by atoms with van der Waals surface area (Å²) in [6.07, 6.45) is -0.637. The van der Waals surface area contributed by atoms with Crippen LogP contribution in [0.1, 0.15) is 39.2 Å². The van der Waals surface area contributed by atoms with Crippen molar-refractivity contribution in [2.75, 3.05) is 0 Å². The number of esters is 2. The highest BCUT2D eigenvalue weighted by Crippen LogP contribution is 2.77. The Balaban J connectivity index is 1.68. The summed E-state index contributed by atoms with van der Waals surface area (Å²) in [5.74, 6) is -3.59. The molecule has 0 radical (unpaired) electrons. The van der Waals surface area contributed by atoms with Gasteiger partial charge in [0.2, 0.25) is 12.1 Å². The van der Waals surface area contributed by atoms with Gasteiger partial charge in [0.15, 0.2) is 5.60 Å². The molecule has 2 N–H and O–H groups in total. The van der Waals surface area contributed by atoms with Gasteiger partial charge in [0, 0.05) is 12.0 Å². The molecule has 9 heteroatoms. The standard InChI is InChI=1S/C20H22O9/c1-9-13(22)26-12-11(21)6-16(2)14(23)27-15-20(16)17(12,3)18(9,24)8-19(28-15,29-20)10-4-5-25-7-10/h4-5,7,9,11-12,15,21,24H,6,8H2,1-3H3/t9-,11-,12-,15+,16-,17-,18+,19-,20-/m1/s1. The number of carbonyl (C=O) groups is 2. The minimum absolute atomic E-state index is 0.0504. The van der Waals surface area contributed by atoms with E-state index in [0.717, 1.165) is 0 Å². The maximum Gasteiger partial charge on any atom is 0.317 e. The second-order valence-electron chi connectivity index (χ2n) is 9.44. The maximum absolute atomic E-state index is 13.0. The quantitative estimate of drug-likeness (QED) is 0.644. The van der Waals surface area contributed by atoms with Gasteiger partial charge in [0.25, 0.3) is 0 Å². The Morgan fingerprint density at radius 2 is 1.97 bits per heavy atom. The van der Waals surface area contributed by atoms with Gasteiger partial charge in [-0.15, -0.1) is 0 Å². The van der Waals surface area contributed by atoms with Crippen molar-refractivity contribution in [2.45, 2.75) is 69.1 Å². The number of aliphatic hydroxyl groups excluding tert-OH is 1. The molecule has 5 fully saturated rings. The Labute approximate surface area is 165 Å². The number of rotatable bonds is 1. The van der Waals surface area contributed by atoms with E-state index in [9.17, 15) is 19.8 Å². The molecule has 9 atom stereocenters. The number of hydrogen-bond donors (Lipinski definition) is 2. The second-order valence-corrected chi connectivity index (χ2v) is 9.44. The molecule has 0 amide bonds. The Morgan fingerprint density at radius 1 is 1.21 bits per heavy atom. The molecule has 29 heavy (non-hydrogen) atoms. The Kier molecular flexibility index (Phi) is 2.89. The molecule has 0 unspecified atom stereocenters. The van der Waals surface area contributed by atoms with E-state index in [1.165, 1.54) is 12.5 Å². The SMILES string of the molecule is C[C@@H]1C(=O)O[C@@H]2[C@H](O)C[C@]3(C)C(=O)O[C@H]4O[C@]5(c6ccoc6)C[C@@]1(O)[C@]2(C)[C@@]43O5. The fraction of sp³-hybridized carbons (Fsp3) is 0.700. The summed E-state index contributed by atoms with van der Waals surface area (Å²) in [6, 6.07) is 1.66. The fourth-order valence-corrected chi connectivity index (χ4v) is 6.84.